The van der Waals surface area contributed by atoms with Crippen LogP contribution < -0.4 is 0 Å². The van der Waals surface area contributed by atoms with Crippen molar-refractivity contribution in [2.24, 2.45) is 0 Å². The first-order valence-corrected chi connectivity index (χ1v) is 10.8. The van der Waals surface area contributed by atoms with Crippen LogP contribution in [0.5, 0.6) is 0 Å². The van der Waals surface area contributed by atoms with E-state index < -0.39 is 5.41 Å². The van der Waals surface area contributed by atoms with Crippen molar-refractivity contribution in [3.63, 3.8) is 0 Å². The van der Waals surface area contributed by atoms with Crippen molar-refractivity contribution >= 4 is 29.4 Å². The van der Waals surface area contributed by atoms with E-state index in [0.717, 1.165) is 24.0 Å². The number of nitrogens with zero attached hydrogens (tertiary/aromatic N) is 2. The first-order valence-electron chi connectivity index (χ1n) is 10.4. The fraction of sp³-hybridized carbons (Fsp3) is 0.375. The number of rotatable bonds is 5. The van der Waals surface area contributed by atoms with Gasteiger partial charge in [-0.25, -0.2) is 4.79 Å². The lowest BCUT2D eigenvalue weighted by Gasteiger charge is -2.26. The van der Waals surface area contributed by atoms with E-state index in [1.807, 2.05) is 41.3 Å². The normalized spacial score (nSPS) is 17.8. The fourth-order valence-electron chi connectivity index (χ4n) is 4.14. The molecule has 0 atom stereocenters. The van der Waals surface area contributed by atoms with E-state index in [0.29, 0.717) is 43.2 Å². The molecule has 6 nitrogen and oxygen atoms in total. The van der Waals surface area contributed by atoms with Crippen LogP contribution in [-0.2, 0) is 26.3 Å². The molecule has 1 saturated carbocycles. The monoisotopic (exact) mass is 440 g/mol. The molecule has 31 heavy (non-hydrogen) atoms. The number of carbonyl (C=O) groups is 3. The van der Waals surface area contributed by atoms with Gasteiger partial charge in [0.15, 0.2) is 0 Å². The largest absolute Gasteiger partial charge is 0.465 e. The van der Waals surface area contributed by atoms with E-state index in [1.54, 1.807) is 17.0 Å². The third-order valence-corrected chi connectivity index (χ3v) is 6.43. The van der Waals surface area contributed by atoms with Gasteiger partial charge in [0.05, 0.1) is 18.1 Å². The number of amides is 2. The summed E-state index contributed by atoms with van der Waals surface area (Å²) < 4.78 is 4.72. The van der Waals surface area contributed by atoms with Gasteiger partial charge in [-0.15, -0.1) is 0 Å². The molecule has 2 aromatic carbocycles. The second-order valence-electron chi connectivity index (χ2n) is 8.13. The molecule has 2 fully saturated rings. The van der Waals surface area contributed by atoms with Crippen molar-refractivity contribution in [2.45, 2.75) is 31.2 Å². The number of halogens is 1. The molecular weight excluding hydrogens is 416 g/mol. The van der Waals surface area contributed by atoms with Gasteiger partial charge in [-0.1, -0.05) is 35.9 Å². The summed E-state index contributed by atoms with van der Waals surface area (Å²) in [6, 6.07) is 14.6. The van der Waals surface area contributed by atoms with Gasteiger partial charge in [0.2, 0.25) is 11.8 Å². The molecule has 0 N–H and O–H groups in total. The number of hydrogen-bond acceptors (Lipinski definition) is 4. The van der Waals surface area contributed by atoms with E-state index in [2.05, 4.69) is 0 Å². The van der Waals surface area contributed by atoms with Crippen molar-refractivity contribution < 1.29 is 19.1 Å². The molecule has 1 saturated heterocycles. The Bertz CT molecular complexity index is 984. The SMILES string of the molecule is COC(=O)c1ccc(CN2CCN(C(=O)C3(c4ccc(Cl)cc4)CC3)CCC2=O)cc1. The predicted molar refractivity (Wildman–Crippen MR) is 117 cm³/mol. The Morgan fingerprint density at radius 3 is 2.29 bits per heavy atom. The molecule has 0 spiro atoms. The van der Waals surface area contributed by atoms with Crippen LogP contribution in [0.4, 0.5) is 0 Å². The highest BCUT2D eigenvalue weighted by Crippen LogP contribution is 2.49. The topological polar surface area (TPSA) is 66.9 Å². The molecule has 0 radical (unpaired) electrons. The Balaban J connectivity index is 1.41. The van der Waals surface area contributed by atoms with Crippen LogP contribution >= 0.6 is 11.6 Å². The summed E-state index contributed by atoms with van der Waals surface area (Å²) in [7, 11) is 1.35. The van der Waals surface area contributed by atoms with Gasteiger partial charge < -0.3 is 14.5 Å². The standard InChI is InChI=1S/C24H25ClN2O4/c1-31-22(29)18-4-2-17(3-5-18)16-27-15-14-26(13-10-21(27)28)23(30)24(11-12-24)19-6-8-20(25)9-7-19/h2-9H,10-16H2,1H3. The van der Waals surface area contributed by atoms with E-state index >= 15 is 0 Å². The molecule has 0 unspecified atom stereocenters. The van der Waals surface area contributed by atoms with Gasteiger partial charge in [-0.3, -0.25) is 9.59 Å². The predicted octanol–water partition coefficient (Wildman–Crippen LogP) is 3.42. The minimum Gasteiger partial charge on any atom is -0.465 e. The zero-order valence-corrected chi connectivity index (χ0v) is 18.2. The van der Waals surface area contributed by atoms with Crippen LogP contribution in [0.25, 0.3) is 0 Å². The number of carbonyl (C=O) groups excluding carboxylic acids is 3. The van der Waals surface area contributed by atoms with Gasteiger partial charge in [0.1, 0.15) is 0 Å². The van der Waals surface area contributed by atoms with E-state index in [1.165, 1.54) is 7.11 Å². The lowest BCUT2D eigenvalue weighted by Crippen LogP contribution is -2.41. The van der Waals surface area contributed by atoms with Crippen molar-refractivity contribution in [3.8, 4) is 0 Å². The van der Waals surface area contributed by atoms with Crippen LogP contribution in [0.1, 0.15) is 40.7 Å². The maximum Gasteiger partial charge on any atom is 0.337 e. The first-order chi connectivity index (χ1) is 14.9. The Kier molecular flexibility index (Phi) is 6.01. The summed E-state index contributed by atoms with van der Waals surface area (Å²) in [6.45, 7) is 1.88. The van der Waals surface area contributed by atoms with Gasteiger partial charge in [0.25, 0.3) is 0 Å². The molecule has 0 bridgehead atoms. The highest BCUT2D eigenvalue weighted by Gasteiger charge is 2.53. The van der Waals surface area contributed by atoms with Crippen molar-refractivity contribution in [2.75, 3.05) is 26.7 Å². The molecule has 1 aliphatic carbocycles. The van der Waals surface area contributed by atoms with Crippen LogP contribution in [0, 0.1) is 0 Å². The molecule has 1 aliphatic heterocycles. The lowest BCUT2D eigenvalue weighted by atomic mass is 9.94. The molecule has 2 aromatic rings. The summed E-state index contributed by atoms with van der Waals surface area (Å²) in [5, 5.41) is 0.655. The smallest absolute Gasteiger partial charge is 0.337 e. The highest BCUT2D eigenvalue weighted by atomic mass is 35.5. The van der Waals surface area contributed by atoms with Crippen molar-refractivity contribution in [1.29, 1.82) is 0 Å². The number of methoxy groups -OCH3 is 1. The molecular formula is C24H25ClN2O4. The number of benzene rings is 2. The summed E-state index contributed by atoms with van der Waals surface area (Å²) in [4.78, 5) is 41.2. The van der Waals surface area contributed by atoms with E-state index in [4.69, 9.17) is 16.3 Å². The summed E-state index contributed by atoms with van der Waals surface area (Å²) in [5.74, 6) is -0.253. The number of esters is 1. The van der Waals surface area contributed by atoms with Crippen LogP contribution in [0.3, 0.4) is 0 Å². The Morgan fingerprint density at radius 2 is 1.68 bits per heavy atom. The minimum atomic E-state index is -0.466. The average Bonchev–Trinajstić information content (AvgIpc) is 3.61. The summed E-state index contributed by atoms with van der Waals surface area (Å²) >= 11 is 6.00. The minimum absolute atomic E-state index is 0.0312. The Hall–Kier alpha value is -2.86. The molecule has 0 aromatic heterocycles. The molecule has 162 valence electrons. The highest BCUT2D eigenvalue weighted by molar-refractivity contribution is 6.30. The first kappa shape index (κ1) is 21.4. The van der Waals surface area contributed by atoms with Gasteiger partial charge in [0, 0.05) is 37.6 Å². The van der Waals surface area contributed by atoms with E-state index in [-0.39, 0.29) is 17.8 Å². The van der Waals surface area contributed by atoms with Gasteiger partial charge in [-0.2, -0.15) is 0 Å². The second-order valence-corrected chi connectivity index (χ2v) is 8.57. The van der Waals surface area contributed by atoms with Crippen molar-refractivity contribution in [1.82, 2.24) is 9.80 Å². The molecule has 7 heteroatoms. The van der Waals surface area contributed by atoms with Crippen molar-refractivity contribution in [3.05, 3.63) is 70.2 Å². The molecule has 2 aliphatic rings. The summed E-state index contributed by atoms with van der Waals surface area (Å²) in [5.41, 5.74) is 1.94. The number of ether oxygens (including phenoxy) is 1. The zero-order valence-electron chi connectivity index (χ0n) is 17.5. The summed E-state index contributed by atoms with van der Waals surface area (Å²) in [6.07, 6.45) is 1.96. The zero-order chi connectivity index (χ0) is 22.0. The third kappa shape index (κ3) is 4.44. The third-order valence-electron chi connectivity index (χ3n) is 6.18. The average molecular weight is 441 g/mol. The Morgan fingerprint density at radius 1 is 1.00 bits per heavy atom. The molecule has 1 heterocycles. The quantitative estimate of drug-likeness (QED) is 0.668. The Labute approximate surface area is 186 Å². The van der Waals surface area contributed by atoms with Crippen LogP contribution in [-0.4, -0.2) is 54.3 Å². The molecule has 4 rings (SSSR count). The maximum absolute atomic E-state index is 13.3. The van der Waals surface area contributed by atoms with Gasteiger partial charge >= 0.3 is 5.97 Å². The molecule has 2 amide bonds. The maximum atomic E-state index is 13.3. The second kappa shape index (κ2) is 8.71. The fourth-order valence-corrected chi connectivity index (χ4v) is 4.27. The van der Waals surface area contributed by atoms with Gasteiger partial charge in [-0.05, 0) is 48.2 Å². The lowest BCUT2D eigenvalue weighted by molar-refractivity contribution is -0.133. The van der Waals surface area contributed by atoms with E-state index in [9.17, 15) is 14.4 Å². The van der Waals surface area contributed by atoms with Crippen LogP contribution in [0.2, 0.25) is 5.02 Å². The van der Waals surface area contributed by atoms with Crippen LogP contribution in [0.15, 0.2) is 48.5 Å². The number of hydrogen-bond donors (Lipinski definition) is 0.